The zero-order valence-electron chi connectivity index (χ0n) is 9.36. The van der Waals surface area contributed by atoms with Crippen molar-refractivity contribution in [2.75, 3.05) is 0 Å². The molecule has 1 aromatic rings. The molecule has 1 rings (SSSR count). The van der Waals surface area contributed by atoms with Crippen molar-refractivity contribution in [2.45, 2.75) is 39.8 Å². The molecule has 0 saturated heterocycles. The first-order valence-corrected chi connectivity index (χ1v) is 5.20. The molecule has 86 valence electrons. The zero-order chi connectivity index (χ0) is 11.9. The van der Waals surface area contributed by atoms with E-state index in [9.17, 15) is 13.2 Å². The molecule has 0 heterocycles. The Hall–Kier alpha value is -0.990. The summed E-state index contributed by atoms with van der Waals surface area (Å²) in [4.78, 5) is 0. The van der Waals surface area contributed by atoms with Crippen LogP contribution in [0.15, 0.2) is 24.3 Å². The van der Waals surface area contributed by atoms with Crippen LogP contribution in [0.25, 0.3) is 0 Å². The average Bonchev–Trinajstić information content (AvgIpc) is 2.21. The van der Waals surface area contributed by atoms with Gasteiger partial charge in [0, 0.05) is 0 Å². The van der Waals surface area contributed by atoms with Crippen LogP contribution in [0.2, 0.25) is 0 Å². The van der Waals surface area contributed by atoms with Gasteiger partial charge in [0.05, 0.1) is 5.56 Å². The average molecular weight is 218 g/mol. The van der Waals surface area contributed by atoms with E-state index >= 15 is 0 Å². The highest BCUT2D eigenvalue weighted by atomic mass is 19.4. The highest BCUT2D eigenvalue weighted by Gasteiger charge is 2.29. The number of halogens is 3. The van der Waals surface area contributed by atoms with Crippen LogP contribution in [0.1, 0.15) is 38.3 Å². The topological polar surface area (TPSA) is 0 Å². The quantitative estimate of drug-likeness (QED) is 0.675. The van der Waals surface area contributed by atoms with Crippen molar-refractivity contribution in [3.05, 3.63) is 35.4 Å². The fourth-order valence-corrected chi connectivity index (χ4v) is 1.15. The van der Waals surface area contributed by atoms with Crippen LogP contribution in [0.4, 0.5) is 13.2 Å². The predicted octanol–water partition coefficient (Wildman–Crippen LogP) is 4.68. The minimum atomic E-state index is -4.22. The van der Waals surface area contributed by atoms with Gasteiger partial charge < -0.3 is 0 Å². The lowest BCUT2D eigenvalue weighted by atomic mass is 10.1. The van der Waals surface area contributed by atoms with Crippen molar-refractivity contribution in [1.29, 1.82) is 0 Å². The van der Waals surface area contributed by atoms with E-state index in [2.05, 4.69) is 0 Å². The van der Waals surface area contributed by atoms with Crippen LogP contribution < -0.4 is 0 Å². The van der Waals surface area contributed by atoms with Gasteiger partial charge in [-0.15, -0.1) is 0 Å². The predicted molar refractivity (Wildman–Crippen MR) is 56.8 cm³/mol. The van der Waals surface area contributed by atoms with E-state index in [1.54, 1.807) is 0 Å². The third-order valence-corrected chi connectivity index (χ3v) is 1.82. The number of alkyl halides is 3. The number of benzene rings is 1. The van der Waals surface area contributed by atoms with Gasteiger partial charge in [0.1, 0.15) is 0 Å². The molecule has 0 aromatic heterocycles. The van der Waals surface area contributed by atoms with Crippen molar-refractivity contribution >= 4 is 0 Å². The Labute approximate surface area is 89.1 Å². The number of hydrogen-bond donors (Lipinski definition) is 0. The molecule has 15 heavy (non-hydrogen) atoms. The summed E-state index contributed by atoms with van der Waals surface area (Å²) in [5.41, 5.74) is 0.378. The Morgan fingerprint density at radius 1 is 1.00 bits per heavy atom. The van der Waals surface area contributed by atoms with Crippen LogP contribution in [-0.2, 0) is 12.6 Å². The largest absolute Gasteiger partial charge is 0.416 e. The van der Waals surface area contributed by atoms with Crippen molar-refractivity contribution in [3.63, 3.8) is 0 Å². The summed E-state index contributed by atoms with van der Waals surface area (Å²) in [5.74, 6) is 0. The minimum absolute atomic E-state index is 0.577. The first-order valence-electron chi connectivity index (χ1n) is 5.20. The molecule has 0 bridgehead atoms. The van der Waals surface area contributed by atoms with E-state index < -0.39 is 11.7 Å². The Kier molecular flexibility index (Phi) is 6.06. The van der Waals surface area contributed by atoms with Gasteiger partial charge >= 0.3 is 6.18 Å². The molecule has 0 saturated carbocycles. The lowest BCUT2D eigenvalue weighted by molar-refractivity contribution is -0.137. The number of rotatable bonds is 2. The molecular weight excluding hydrogens is 201 g/mol. The standard InChI is InChI=1S/C10H11F3.C2H6/c1-2-3-8-4-6-9(7-5-8)10(11,12)13;1-2/h4-7H,2-3H2,1H3;1-2H3. The lowest BCUT2D eigenvalue weighted by Crippen LogP contribution is -2.04. The highest BCUT2D eigenvalue weighted by molar-refractivity contribution is 5.24. The lowest BCUT2D eigenvalue weighted by Gasteiger charge is -2.06. The van der Waals surface area contributed by atoms with Gasteiger partial charge in [-0.2, -0.15) is 13.2 Å². The van der Waals surface area contributed by atoms with Crippen LogP contribution in [0.5, 0.6) is 0 Å². The molecule has 3 heteroatoms. The van der Waals surface area contributed by atoms with Crippen molar-refractivity contribution in [2.24, 2.45) is 0 Å². The third kappa shape index (κ3) is 4.86. The van der Waals surface area contributed by atoms with Gasteiger partial charge in [0.25, 0.3) is 0 Å². The number of hydrogen-bond acceptors (Lipinski definition) is 0. The second-order valence-electron chi connectivity index (χ2n) is 2.94. The normalized spacial score (nSPS) is 10.5. The molecule has 1 aromatic carbocycles. The Morgan fingerprint density at radius 3 is 1.80 bits per heavy atom. The Bertz CT molecular complexity index is 259. The molecule has 0 nitrogen and oxygen atoms in total. The summed E-state index contributed by atoms with van der Waals surface area (Å²) >= 11 is 0. The molecule has 0 aliphatic heterocycles. The summed E-state index contributed by atoms with van der Waals surface area (Å²) in [6.45, 7) is 6.00. The molecule has 0 spiro atoms. The van der Waals surface area contributed by atoms with Crippen LogP contribution in [0.3, 0.4) is 0 Å². The van der Waals surface area contributed by atoms with Gasteiger partial charge in [0.15, 0.2) is 0 Å². The zero-order valence-corrected chi connectivity index (χ0v) is 9.36. The molecule has 0 radical (unpaired) electrons. The molecule has 0 fully saturated rings. The molecular formula is C12H17F3. The molecule has 0 aliphatic carbocycles. The summed E-state index contributed by atoms with van der Waals surface area (Å²) < 4.78 is 36.3. The summed E-state index contributed by atoms with van der Waals surface area (Å²) in [5, 5.41) is 0. The van der Waals surface area contributed by atoms with Crippen LogP contribution in [-0.4, -0.2) is 0 Å². The Balaban J connectivity index is 0.000000921. The van der Waals surface area contributed by atoms with Crippen molar-refractivity contribution in [1.82, 2.24) is 0 Å². The van der Waals surface area contributed by atoms with Crippen LogP contribution >= 0.6 is 0 Å². The molecule has 0 N–H and O–H groups in total. The SMILES string of the molecule is CC.CCCc1ccc(C(F)(F)F)cc1. The van der Waals surface area contributed by atoms with Crippen LogP contribution in [0, 0.1) is 0 Å². The number of aryl methyl sites for hydroxylation is 1. The van der Waals surface area contributed by atoms with Gasteiger partial charge in [-0.1, -0.05) is 39.3 Å². The molecule has 0 aliphatic rings. The van der Waals surface area contributed by atoms with E-state index in [0.717, 1.165) is 30.5 Å². The van der Waals surface area contributed by atoms with E-state index in [0.29, 0.717) is 0 Å². The first kappa shape index (κ1) is 14.0. The summed E-state index contributed by atoms with van der Waals surface area (Å²) in [7, 11) is 0. The van der Waals surface area contributed by atoms with Gasteiger partial charge in [-0.05, 0) is 24.1 Å². The maximum atomic E-state index is 12.1. The van der Waals surface area contributed by atoms with E-state index in [1.807, 2.05) is 20.8 Å². The van der Waals surface area contributed by atoms with Gasteiger partial charge in [0.2, 0.25) is 0 Å². The van der Waals surface area contributed by atoms with Gasteiger partial charge in [-0.25, -0.2) is 0 Å². The second-order valence-corrected chi connectivity index (χ2v) is 2.94. The molecule has 0 amide bonds. The monoisotopic (exact) mass is 218 g/mol. The van der Waals surface area contributed by atoms with Crippen molar-refractivity contribution in [3.8, 4) is 0 Å². The highest BCUT2D eigenvalue weighted by Crippen LogP contribution is 2.29. The third-order valence-electron chi connectivity index (χ3n) is 1.82. The smallest absolute Gasteiger partial charge is 0.166 e. The fraction of sp³-hybridized carbons (Fsp3) is 0.500. The van der Waals surface area contributed by atoms with Gasteiger partial charge in [-0.3, -0.25) is 0 Å². The van der Waals surface area contributed by atoms with Crippen molar-refractivity contribution < 1.29 is 13.2 Å². The van der Waals surface area contributed by atoms with E-state index in [1.165, 1.54) is 12.1 Å². The summed E-state index contributed by atoms with van der Waals surface area (Å²) in [6.07, 6.45) is -2.44. The van der Waals surface area contributed by atoms with E-state index in [4.69, 9.17) is 0 Å². The molecule has 0 atom stereocenters. The fourth-order valence-electron chi connectivity index (χ4n) is 1.15. The maximum absolute atomic E-state index is 12.1. The van der Waals surface area contributed by atoms with E-state index in [-0.39, 0.29) is 0 Å². The first-order chi connectivity index (χ1) is 7.04. The minimum Gasteiger partial charge on any atom is -0.166 e. The molecule has 0 unspecified atom stereocenters. The summed E-state index contributed by atoms with van der Waals surface area (Å²) in [6, 6.07) is 5.33. The maximum Gasteiger partial charge on any atom is 0.416 e. The second kappa shape index (κ2) is 6.49. The Morgan fingerprint density at radius 2 is 1.47 bits per heavy atom.